The SMILES string of the molecule is CC(=O)Nc1cccc(NC(=O)C2CCC2)c1. The first-order chi connectivity index (χ1) is 8.15. The van der Waals surface area contributed by atoms with Gasteiger partial charge < -0.3 is 10.6 Å². The van der Waals surface area contributed by atoms with E-state index < -0.39 is 0 Å². The second-order valence-electron chi connectivity index (χ2n) is 4.38. The number of amides is 2. The van der Waals surface area contributed by atoms with E-state index in [2.05, 4.69) is 10.6 Å². The number of carbonyl (C=O) groups is 2. The molecule has 1 aliphatic rings. The van der Waals surface area contributed by atoms with E-state index in [1.54, 1.807) is 12.1 Å². The molecule has 0 bridgehead atoms. The summed E-state index contributed by atoms with van der Waals surface area (Å²) in [5, 5.41) is 5.55. The van der Waals surface area contributed by atoms with E-state index >= 15 is 0 Å². The quantitative estimate of drug-likeness (QED) is 0.840. The average Bonchev–Trinajstić information content (AvgIpc) is 2.13. The number of rotatable bonds is 3. The summed E-state index contributed by atoms with van der Waals surface area (Å²) in [6, 6.07) is 7.18. The van der Waals surface area contributed by atoms with Gasteiger partial charge in [0.05, 0.1) is 0 Å². The van der Waals surface area contributed by atoms with Crippen molar-refractivity contribution < 1.29 is 9.59 Å². The van der Waals surface area contributed by atoms with Crippen LogP contribution >= 0.6 is 0 Å². The summed E-state index contributed by atoms with van der Waals surface area (Å²) >= 11 is 0. The van der Waals surface area contributed by atoms with Crippen molar-refractivity contribution in [3.63, 3.8) is 0 Å². The lowest BCUT2D eigenvalue weighted by Gasteiger charge is -2.24. The van der Waals surface area contributed by atoms with E-state index in [1.807, 2.05) is 12.1 Å². The molecule has 0 aliphatic heterocycles. The Morgan fingerprint density at radius 2 is 1.82 bits per heavy atom. The molecule has 2 amide bonds. The van der Waals surface area contributed by atoms with Crippen LogP contribution in [0.5, 0.6) is 0 Å². The van der Waals surface area contributed by atoms with E-state index in [1.165, 1.54) is 6.92 Å². The van der Waals surface area contributed by atoms with E-state index in [-0.39, 0.29) is 17.7 Å². The van der Waals surface area contributed by atoms with Crippen LogP contribution in [0.15, 0.2) is 24.3 Å². The molecule has 4 nitrogen and oxygen atoms in total. The smallest absolute Gasteiger partial charge is 0.227 e. The maximum absolute atomic E-state index is 11.7. The lowest BCUT2D eigenvalue weighted by atomic mass is 9.85. The van der Waals surface area contributed by atoms with Gasteiger partial charge in [-0.15, -0.1) is 0 Å². The summed E-state index contributed by atoms with van der Waals surface area (Å²) in [5.41, 5.74) is 1.43. The Labute approximate surface area is 100 Å². The van der Waals surface area contributed by atoms with Gasteiger partial charge in [0, 0.05) is 24.2 Å². The van der Waals surface area contributed by atoms with Crippen molar-refractivity contribution in [3.05, 3.63) is 24.3 Å². The Morgan fingerprint density at radius 3 is 2.35 bits per heavy atom. The highest BCUT2D eigenvalue weighted by molar-refractivity contribution is 5.94. The largest absolute Gasteiger partial charge is 0.326 e. The second kappa shape index (κ2) is 4.99. The zero-order chi connectivity index (χ0) is 12.3. The lowest BCUT2D eigenvalue weighted by Crippen LogP contribution is -2.28. The van der Waals surface area contributed by atoms with Gasteiger partial charge in [0.25, 0.3) is 0 Å². The van der Waals surface area contributed by atoms with Crippen LogP contribution in [-0.2, 0) is 9.59 Å². The summed E-state index contributed by atoms with van der Waals surface area (Å²) in [6.07, 6.45) is 3.11. The first-order valence-corrected chi connectivity index (χ1v) is 5.83. The van der Waals surface area contributed by atoms with Crippen LogP contribution in [0.25, 0.3) is 0 Å². The van der Waals surface area contributed by atoms with E-state index in [9.17, 15) is 9.59 Å². The zero-order valence-corrected chi connectivity index (χ0v) is 9.82. The minimum Gasteiger partial charge on any atom is -0.326 e. The normalized spacial score (nSPS) is 14.9. The van der Waals surface area contributed by atoms with Gasteiger partial charge in [-0.25, -0.2) is 0 Å². The van der Waals surface area contributed by atoms with Crippen LogP contribution < -0.4 is 10.6 Å². The minimum absolute atomic E-state index is 0.0798. The molecule has 2 N–H and O–H groups in total. The monoisotopic (exact) mass is 232 g/mol. The van der Waals surface area contributed by atoms with E-state index in [4.69, 9.17) is 0 Å². The van der Waals surface area contributed by atoms with Crippen LogP contribution in [0, 0.1) is 5.92 Å². The lowest BCUT2D eigenvalue weighted by molar-refractivity contribution is -0.122. The van der Waals surface area contributed by atoms with Crippen LogP contribution in [0.1, 0.15) is 26.2 Å². The van der Waals surface area contributed by atoms with E-state index in [0.717, 1.165) is 24.9 Å². The first kappa shape index (κ1) is 11.6. The van der Waals surface area contributed by atoms with Crippen LogP contribution in [0.2, 0.25) is 0 Å². The minimum atomic E-state index is -0.118. The molecule has 0 aromatic heterocycles. The number of hydrogen-bond donors (Lipinski definition) is 2. The fraction of sp³-hybridized carbons (Fsp3) is 0.385. The van der Waals surface area contributed by atoms with Crippen molar-refractivity contribution in [2.45, 2.75) is 26.2 Å². The van der Waals surface area contributed by atoms with Gasteiger partial charge in [-0.3, -0.25) is 9.59 Å². The summed E-state index contributed by atoms with van der Waals surface area (Å²) in [4.78, 5) is 22.6. The molecule has 1 fully saturated rings. The Hall–Kier alpha value is -1.84. The van der Waals surface area contributed by atoms with Gasteiger partial charge in [0.2, 0.25) is 11.8 Å². The van der Waals surface area contributed by atoms with Crippen LogP contribution in [0.4, 0.5) is 11.4 Å². The third-order valence-corrected chi connectivity index (χ3v) is 2.93. The van der Waals surface area contributed by atoms with Gasteiger partial charge in [-0.2, -0.15) is 0 Å². The standard InChI is InChI=1S/C13H16N2O2/c1-9(16)14-11-6-3-7-12(8-11)15-13(17)10-4-2-5-10/h3,6-8,10H,2,4-5H2,1H3,(H,14,16)(H,15,17). The van der Waals surface area contributed by atoms with Gasteiger partial charge in [-0.1, -0.05) is 12.5 Å². The molecule has 0 spiro atoms. The van der Waals surface area contributed by atoms with Crippen molar-refractivity contribution >= 4 is 23.2 Å². The summed E-state index contributed by atoms with van der Waals surface area (Å²) in [6.45, 7) is 1.46. The molecule has 1 saturated carbocycles. The number of anilines is 2. The van der Waals surface area contributed by atoms with E-state index in [0.29, 0.717) is 5.69 Å². The van der Waals surface area contributed by atoms with Gasteiger partial charge >= 0.3 is 0 Å². The second-order valence-corrected chi connectivity index (χ2v) is 4.38. The predicted molar refractivity (Wildman–Crippen MR) is 66.7 cm³/mol. The number of hydrogen-bond acceptors (Lipinski definition) is 2. The molecule has 0 saturated heterocycles. The maximum Gasteiger partial charge on any atom is 0.227 e. The summed E-state index contributed by atoms with van der Waals surface area (Å²) in [5.74, 6) is 0.128. The van der Waals surface area contributed by atoms with Crippen molar-refractivity contribution in [2.24, 2.45) is 5.92 Å². The van der Waals surface area contributed by atoms with Gasteiger partial charge in [0.15, 0.2) is 0 Å². The first-order valence-electron chi connectivity index (χ1n) is 5.83. The molecule has 0 radical (unpaired) electrons. The Balaban J connectivity index is 2.00. The van der Waals surface area contributed by atoms with Crippen molar-refractivity contribution in [1.29, 1.82) is 0 Å². The fourth-order valence-corrected chi connectivity index (χ4v) is 1.79. The summed E-state index contributed by atoms with van der Waals surface area (Å²) < 4.78 is 0. The van der Waals surface area contributed by atoms with Crippen LogP contribution in [0.3, 0.4) is 0 Å². The topological polar surface area (TPSA) is 58.2 Å². The Kier molecular flexibility index (Phi) is 3.42. The number of benzene rings is 1. The molecular formula is C13H16N2O2. The summed E-state index contributed by atoms with van der Waals surface area (Å²) in [7, 11) is 0. The molecule has 17 heavy (non-hydrogen) atoms. The molecule has 90 valence electrons. The maximum atomic E-state index is 11.7. The average molecular weight is 232 g/mol. The molecule has 1 aromatic carbocycles. The Bertz CT molecular complexity index is 439. The number of carbonyl (C=O) groups excluding carboxylic acids is 2. The molecular weight excluding hydrogens is 216 g/mol. The van der Waals surface area contributed by atoms with Crippen molar-refractivity contribution in [1.82, 2.24) is 0 Å². The third kappa shape index (κ3) is 3.06. The van der Waals surface area contributed by atoms with Crippen molar-refractivity contribution in [2.75, 3.05) is 10.6 Å². The predicted octanol–water partition coefficient (Wildman–Crippen LogP) is 2.38. The highest BCUT2D eigenvalue weighted by atomic mass is 16.2. The molecule has 4 heteroatoms. The molecule has 2 rings (SSSR count). The Morgan fingerprint density at radius 1 is 1.18 bits per heavy atom. The zero-order valence-electron chi connectivity index (χ0n) is 9.82. The fourth-order valence-electron chi connectivity index (χ4n) is 1.79. The third-order valence-electron chi connectivity index (χ3n) is 2.93. The molecule has 1 aromatic rings. The van der Waals surface area contributed by atoms with Crippen molar-refractivity contribution in [3.8, 4) is 0 Å². The van der Waals surface area contributed by atoms with Crippen LogP contribution in [-0.4, -0.2) is 11.8 Å². The molecule has 0 heterocycles. The highest BCUT2D eigenvalue weighted by Crippen LogP contribution is 2.27. The highest BCUT2D eigenvalue weighted by Gasteiger charge is 2.25. The van der Waals surface area contributed by atoms with Gasteiger partial charge in [-0.05, 0) is 31.0 Å². The molecule has 0 unspecified atom stereocenters. The number of nitrogens with one attached hydrogen (secondary N) is 2. The molecule has 1 aliphatic carbocycles. The van der Waals surface area contributed by atoms with Gasteiger partial charge in [0.1, 0.15) is 0 Å². The molecule has 0 atom stereocenters.